The average molecular weight is 609 g/mol. The van der Waals surface area contributed by atoms with E-state index in [1.54, 1.807) is 7.11 Å². The van der Waals surface area contributed by atoms with Crippen LogP contribution in [0.15, 0.2) is 36.5 Å². The number of piperazine rings is 1. The van der Waals surface area contributed by atoms with Crippen molar-refractivity contribution >= 4 is 22.4 Å². The molecule has 1 aromatic carbocycles. The van der Waals surface area contributed by atoms with Gasteiger partial charge in [0, 0.05) is 51.5 Å². The van der Waals surface area contributed by atoms with E-state index in [0.717, 1.165) is 60.7 Å². The molecule has 222 valence electrons. The summed E-state index contributed by atoms with van der Waals surface area (Å²) >= 11 is 0. The number of hydrogen-bond acceptors (Lipinski definition) is 6. The molecule has 2 saturated carbocycles. The normalized spacial score (nSPS) is 18.4. The molecule has 3 fully saturated rings. The Morgan fingerprint density at radius 3 is 2.19 bits per heavy atom. The first kappa shape index (κ1) is 33.1. The van der Waals surface area contributed by atoms with E-state index in [0.29, 0.717) is 0 Å². The zero-order valence-electron chi connectivity index (χ0n) is 24.9. The van der Waals surface area contributed by atoms with Crippen molar-refractivity contribution in [1.29, 1.82) is 0 Å². The van der Waals surface area contributed by atoms with Crippen LogP contribution >= 0.6 is 0 Å². The second-order valence-electron chi connectivity index (χ2n) is 10.9. The van der Waals surface area contributed by atoms with Crippen molar-refractivity contribution in [2.45, 2.75) is 12.8 Å². The van der Waals surface area contributed by atoms with E-state index in [1.807, 2.05) is 44.2 Å². The summed E-state index contributed by atoms with van der Waals surface area (Å²) in [5, 5.41) is 3.59. The first-order valence-electron chi connectivity index (χ1n) is 14.9. The Morgan fingerprint density at radius 1 is 0.857 bits per heavy atom. The third-order valence-corrected chi connectivity index (χ3v) is 7.83. The van der Waals surface area contributed by atoms with Crippen LogP contribution in [-0.4, -0.2) is 97.1 Å². The van der Waals surface area contributed by atoms with E-state index in [4.69, 9.17) is 9.72 Å². The van der Waals surface area contributed by atoms with Crippen LogP contribution in [0.3, 0.4) is 0 Å². The van der Waals surface area contributed by atoms with Gasteiger partial charge in [0.15, 0.2) is 5.82 Å². The number of fused-ring (bicyclic) bond motifs is 3. The van der Waals surface area contributed by atoms with Crippen molar-refractivity contribution in [3.63, 3.8) is 0 Å². The number of nitrogens with one attached hydrogen (secondary N) is 1. The summed E-state index contributed by atoms with van der Waals surface area (Å²) in [4.78, 5) is 12.6. The molecule has 0 unspecified atom stereocenters. The molecule has 2 aromatic heterocycles. The Morgan fingerprint density at radius 2 is 1.52 bits per heavy atom. The maximum absolute atomic E-state index is 5.40. The van der Waals surface area contributed by atoms with Gasteiger partial charge in [0.1, 0.15) is 5.75 Å². The number of ether oxygens (including phenoxy) is 1. The number of hydrogen-bond donors (Lipinski definition) is 1. The topological polar surface area (TPSA) is 48.3 Å². The molecule has 7 nitrogen and oxygen atoms in total. The number of aromatic nitrogens is 2. The quantitative estimate of drug-likeness (QED) is 0.239. The minimum atomic E-state index is 0. The van der Waals surface area contributed by atoms with Crippen molar-refractivity contribution in [2.24, 2.45) is 0 Å². The summed E-state index contributed by atoms with van der Waals surface area (Å²) in [6.07, 6.45) is 23.1. The molecular weight excluding hydrogens is 564 g/mol. The maximum Gasteiger partial charge on any atom is 2.00 e. The molecule has 2 aliphatic carbocycles. The number of benzene rings is 1. The van der Waals surface area contributed by atoms with Crippen LogP contribution in [0.2, 0.25) is 0 Å². The van der Waals surface area contributed by atoms with E-state index >= 15 is 0 Å². The van der Waals surface area contributed by atoms with Crippen molar-refractivity contribution < 1.29 is 21.8 Å². The maximum atomic E-state index is 5.40. The summed E-state index contributed by atoms with van der Waals surface area (Å²) < 4.78 is 7.60. The molecule has 42 heavy (non-hydrogen) atoms. The first-order valence-corrected chi connectivity index (χ1v) is 14.9. The van der Waals surface area contributed by atoms with E-state index < -0.39 is 0 Å². The van der Waals surface area contributed by atoms with Gasteiger partial charge in [-0.05, 0) is 127 Å². The Bertz CT molecular complexity index is 1180. The molecule has 3 aromatic rings. The van der Waals surface area contributed by atoms with Gasteiger partial charge in [0.05, 0.1) is 23.7 Å². The minimum absolute atomic E-state index is 0. The standard InChI is InChI=1S/C29H39N6O.C5H5.Fe/c1-32(23-24-8-3-4-9-24)14-7-16-34-20-18-33(19-21-34)15-6-13-30-29-28-10-5-17-35(28)27-12-11-25(36-2)22-26(27)31-29;1-2-4-5-3-1;/h3-5,8-12,17,22H,6-7,13-16,18-21,23H2,1-2H3,(H,30,31);1-5H;/q;;+2. The summed E-state index contributed by atoms with van der Waals surface area (Å²) in [5.41, 5.74) is 3.14. The van der Waals surface area contributed by atoms with Gasteiger partial charge in [-0.25, -0.2) is 4.98 Å². The molecule has 0 spiro atoms. The van der Waals surface area contributed by atoms with Crippen molar-refractivity contribution in [2.75, 3.05) is 78.4 Å². The summed E-state index contributed by atoms with van der Waals surface area (Å²) in [5.74, 6) is 3.18. The fourth-order valence-corrected chi connectivity index (χ4v) is 5.56. The molecule has 1 N–H and O–H groups in total. The molecule has 6 rings (SSSR count). The van der Waals surface area contributed by atoms with Crippen LogP contribution in [0.5, 0.6) is 5.75 Å². The van der Waals surface area contributed by atoms with E-state index in [-0.39, 0.29) is 17.1 Å². The van der Waals surface area contributed by atoms with Gasteiger partial charge in [0.25, 0.3) is 0 Å². The van der Waals surface area contributed by atoms with Crippen molar-refractivity contribution in [3.8, 4) is 5.75 Å². The molecule has 0 bridgehead atoms. The van der Waals surface area contributed by atoms with Crippen LogP contribution in [0.4, 0.5) is 5.82 Å². The van der Waals surface area contributed by atoms with Gasteiger partial charge < -0.3 is 29.2 Å². The fraction of sp³-hybridized carbons (Fsp3) is 0.382. The Balaban J connectivity index is 0.000000612. The largest absolute Gasteiger partial charge is 2.00 e. The van der Waals surface area contributed by atoms with Crippen LogP contribution in [-0.2, 0) is 17.1 Å². The van der Waals surface area contributed by atoms with Crippen LogP contribution in [0, 0.1) is 63.7 Å². The number of rotatable bonds is 12. The van der Waals surface area contributed by atoms with Crippen molar-refractivity contribution in [3.05, 3.63) is 100 Å². The number of anilines is 1. The summed E-state index contributed by atoms with van der Waals surface area (Å²) in [6.45, 7) is 10.1. The molecule has 10 radical (unpaired) electrons. The number of methoxy groups -OCH3 is 1. The fourth-order valence-electron chi connectivity index (χ4n) is 5.56. The van der Waals surface area contributed by atoms with Gasteiger partial charge in [-0.3, -0.25) is 0 Å². The molecule has 1 aliphatic heterocycles. The molecule has 3 heterocycles. The summed E-state index contributed by atoms with van der Waals surface area (Å²) in [6, 6.07) is 10.3. The molecule has 8 heteroatoms. The molecule has 0 amide bonds. The zero-order valence-corrected chi connectivity index (χ0v) is 26.0. The van der Waals surface area contributed by atoms with E-state index in [1.165, 1.54) is 45.1 Å². The minimum Gasteiger partial charge on any atom is -0.497 e. The third kappa shape index (κ3) is 9.59. The SMILES string of the molecule is COc1ccc2c(c1)nc(NCCCN1CCN(CCCN(C)C[C]3[CH][CH][CH][CH]3)CC1)c1cccn12.[CH]1[CH][CH][CH][CH]1.[Fe+2]. The van der Waals surface area contributed by atoms with Gasteiger partial charge in [-0.15, -0.1) is 0 Å². The smallest absolute Gasteiger partial charge is 0.497 e. The molecular formula is C34H44FeN6O+2. The Kier molecular flexibility index (Phi) is 13.7. The average Bonchev–Trinajstić information content (AvgIpc) is 3.81. The van der Waals surface area contributed by atoms with Crippen LogP contribution in [0.25, 0.3) is 16.6 Å². The van der Waals surface area contributed by atoms with Gasteiger partial charge in [-0.2, -0.15) is 0 Å². The van der Waals surface area contributed by atoms with Gasteiger partial charge in [-0.1, -0.05) is 0 Å². The number of nitrogens with zero attached hydrogens (tertiary/aromatic N) is 5. The molecule has 3 aliphatic rings. The monoisotopic (exact) mass is 608 g/mol. The predicted molar refractivity (Wildman–Crippen MR) is 169 cm³/mol. The van der Waals surface area contributed by atoms with Gasteiger partial charge in [0.2, 0.25) is 0 Å². The second kappa shape index (κ2) is 17.5. The summed E-state index contributed by atoms with van der Waals surface area (Å²) in [7, 11) is 3.92. The van der Waals surface area contributed by atoms with E-state index in [9.17, 15) is 0 Å². The second-order valence-corrected chi connectivity index (χ2v) is 10.9. The van der Waals surface area contributed by atoms with Crippen LogP contribution < -0.4 is 10.1 Å². The van der Waals surface area contributed by atoms with E-state index in [2.05, 4.69) is 81.5 Å². The first-order chi connectivity index (χ1) is 20.2. The Labute approximate surface area is 264 Å². The molecule has 0 atom stereocenters. The zero-order chi connectivity index (χ0) is 28.3. The van der Waals surface area contributed by atoms with Crippen molar-refractivity contribution in [1.82, 2.24) is 24.1 Å². The Hall–Kier alpha value is -1.83. The van der Waals surface area contributed by atoms with Crippen LogP contribution in [0.1, 0.15) is 12.8 Å². The van der Waals surface area contributed by atoms with Gasteiger partial charge >= 0.3 is 17.1 Å². The third-order valence-electron chi connectivity index (χ3n) is 7.83. The molecule has 1 saturated heterocycles. The predicted octanol–water partition coefficient (Wildman–Crippen LogP) is 4.66.